The average molecular weight is 489 g/mol. The molecule has 0 aliphatic carbocycles. The molecule has 1 heterocycles. The maximum Gasteiger partial charge on any atom is 0.573 e. The fourth-order valence-electron chi connectivity index (χ4n) is 3.20. The van der Waals surface area contributed by atoms with Crippen molar-refractivity contribution in [2.24, 2.45) is 0 Å². The van der Waals surface area contributed by atoms with E-state index in [-0.39, 0.29) is 18.5 Å². The Morgan fingerprint density at radius 1 is 1.21 bits per heavy atom. The average Bonchev–Trinajstić information content (AvgIpc) is 3.11. The Bertz CT molecular complexity index is 1310. The zero-order chi connectivity index (χ0) is 24.6. The first-order valence-electron chi connectivity index (χ1n) is 9.40. The smallest absolute Gasteiger partial charge is 0.406 e. The van der Waals surface area contributed by atoms with Crippen molar-refractivity contribution in [3.8, 4) is 16.9 Å². The van der Waals surface area contributed by atoms with Crippen LogP contribution in [0.4, 0.5) is 17.6 Å². The van der Waals surface area contributed by atoms with Crippen LogP contribution in [0.2, 0.25) is 0 Å². The number of aromatic nitrogens is 2. The van der Waals surface area contributed by atoms with E-state index in [1.54, 1.807) is 18.3 Å². The second-order valence-electron chi connectivity index (χ2n) is 7.55. The molecule has 0 aliphatic heterocycles. The predicted octanol–water partition coefficient (Wildman–Crippen LogP) is 3.44. The van der Waals surface area contributed by atoms with Crippen LogP contribution in [0, 0.1) is 5.82 Å². The Morgan fingerprint density at radius 3 is 2.48 bits per heavy atom. The van der Waals surface area contributed by atoms with Crippen LogP contribution in [-0.2, 0) is 21.2 Å². The molecule has 2 aromatic carbocycles. The summed E-state index contributed by atoms with van der Waals surface area (Å²) in [6.45, 7) is 1.20. The van der Waals surface area contributed by atoms with Crippen molar-refractivity contribution in [1.29, 1.82) is 0 Å². The van der Waals surface area contributed by atoms with Crippen molar-refractivity contribution >= 4 is 26.6 Å². The summed E-state index contributed by atoms with van der Waals surface area (Å²) < 4.78 is 78.7. The normalized spacial score (nSPS) is 14.2. The molecule has 178 valence electrons. The molecule has 8 nitrogen and oxygen atoms in total. The quantitative estimate of drug-likeness (QED) is 0.299. The van der Waals surface area contributed by atoms with Gasteiger partial charge in [0, 0.05) is 36.0 Å². The minimum atomic E-state index is -4.94. The minimum Gasteiger partial charge on any atom is -0.406 e. The number of ether oxygens (including phenoxy) is 1. The van der Waals surface area contributed by atoms with Crippen molar-refractivity contribution in [2.45, 2.75) is 31.0 Å². The van der Waals surface area contributed by atoms with Gasteiger partial charge < -0.3 is 4.74 Å². The SMILES string of the molecule is CC(CCn1cc2cc(-c3ccc(OC(F)(F)F)cc3F)ccc2n1)(C(=O)NO)S(C)(=O)=O. The van der Waals surface area contributed by atoms with Crippen molar-refractivity contribution in [1.82, 2.24) is 15.3 Å². The molecular weight excluding hydrogens is 470 g/mol. The molecule has 0 saturated carbocycles. The van der Waals surface area contributed by atoms with Crippen molar-refractivity contribution in [3.63, 3.8) is 0 Å². The van der Waals surface area contributed by atoms with Crippen LogP contribution >= 0.6 is 0 Å². The minimum absolute atomic E-state index is 0.0127. The summed E-state index contributed by atoms with van der Waals surface area (Å²) in [6, 6.07) is 7.45. The first-order valence-corrected chi connectivity index (χ1v) is 11.3. The van der Waals surface area contributed by atoms with Gasteiger partial charge in [0.05, 0.1) is 5.52 Å². The van der Waals surface area contributed by atoms with E-state index in [0.717, 1.165) is 18.4 Å². The number of carbonyl (C=O) groups excluding carboxylic acids is 1. The standard InChI is InChI=1S/C20H19F4N3O5S/c1-19(18(28)26-29,33(2,30)31)7-8-27-11-13-9-12(3-6-17(13)25-27)15-5-4-14(10-16(15)21)32-20(22,23)24/h3-6,9-11,29H,7-8H2,1-2H3,(H,26,28). The lowest BCUT2D eigenvalue weighted by Gasteiger charge is -2.24. The first kappa shape index (κ1) is 24.5. The summed E-state index contributed by atoms with van der Waals surface area (Å²) in [4.78, 5) is 11.9. The maximum absolute atomic E-state index is 14.4. The monoisotopic (exact) mass is 489 g/mol. The molecule has 1 aromatic heterocycles. The highest BCUT2D eigenvalue weighted by molar-refractivity contribution is 7.92. The molecule has 0 bridgehead atoms. The van der Waals surface area contributed by atoms with Crippen LogP contribution < -0.4 is 10.2 Å². The number of amides is 1. The number of carbonyl (C=O) groups is 1. The molecule has 1 unspecified atom stereocenters. The Labute approximate surface area is 185 Å². The Balaban J connectivity index is 1.86. The second kappa shape index (κ2) is 8.63. The van der Waals surface area contributed by atoms with Gasteiger partial charge in [0.25, 0.3) is 5.91 Å². The molecule has 3 rings (SSSR count). The van der Waals surface area contributed by atoms with Gasteiger partial charge >= 0.3 is 6.36 Å². The largest absolute Gasteiger partial charge is 0.573 e. The molecule has 0 radical (unpaired) electrons. The first-order chi connectivity index (χ1) is 15.2. The van der Waals surface area contributed by atoms with Crippen LogP contribution in [0.1, 0.15) is 13.3 Å². The third-order valence-corrected chi connectivity index (χ3v) is 7.28. The van der Waals surface area contributed by atoms with Gasteiger partial charge in [-0.05, 0) is 43.2 Å². The molecule has 0 saturated heterocycles. The highest BCUT2D eigenvalue weighted by Crippen LogP contribution is 2.31. The summed E-state index contributed by atoms with van der Waals surface area (Å²) in [7, 11) is -3.87. The number of alkyl halides is 3. The molecule has 2 N–H and O–H groups in total. The summed E-state index contributed by atoms with van der Waals surface area (Å²) in [5.41, 5.74) is 2.28. The lowest BCUT2D eigenvalue weighted by atomic mass is 10.0. The summed E-state index contributed by atoms with van der Waals surface area (Å²) in [5, 5.41) is 13.7. The Hall–Kier alpha value is -3.19. The number of aryl methyl sites for hydroxylation is 1. The van der Waals surface area contributed by atoms with Gasteiger partial charge in [-0.2, -0.15) is 5.10 Å². The van der Waals surface area contributed by atoms with Gasteiger partial charge in [-0.3, -0.25) is 14.7 Å². The molecule has 1 atom stereocenters. The van der Waals surface area contributed by atoms with Crippen molar-refractivity contribution < 1.29 is 40.7 Å². The van der Waals surface area contributed by atoms with Crippen LogP contribution in [0.15, 0.2) is 42.6 Å². The number of hydrogen-bond donors (Lipinski definition) is 2. The molecule has 13 heteroatoms. The predicted molar refractivity (Wildman–Crippen MR) is 110 cm³/mol. The topological polar surface area (TPSA) is 111 Å². The fraction of sp³-hybridized carbons (Fsp3) is 0.300. The number of nitrogens with one attached hydrogen (secondary N) is 1. The van der Waals surface area contributed by atoms with Gasteiger partial charge in [-0.25, -0.2) is 18.3 Å². The molecule has 0 aliphatic rings. The summed E-state index contributed by atoms with van der Waals surface area (Å²) >= 11 is 0. The van der Waals surface area contributed by atoms with E-state index in [1.165, 1.54) is 23.2 Å². The van der Waals surface area contributed by atoms with Gasteiger partial charge in [0.1, 0.15) is 11.6 Å². The Kier molecular flexibility index (Phi) is 6.40. The highest BCUT2D eigenvalue weighted by Gasteiger charge is 2.43. The van der Waals surface area contributed by atoms with Crippen molar-refractivity contribution in [2.75, 3.05) is 6.26 Å². The van der Waals surface area contributed by atoms with Gasteiger partial charge in [-0.15, -0.1) is 13.2 Å². The summed E-state index contributed by atoms with van der Waals surface area (Å²) in [6.07, 6.45) is -2.69. The van der Waals surface area contributed by atoms with Crippen LogP contribution in [0.3, 0.4) is 0 Å². The van der Waals surface area contributed by atoms with Crippen LogP contribution in [-0.4, -0.2) is 46.7 Å². The number of fused-ring (bicyclic) bond motifs is 1. The molecule has 1 amide bonds. The zero-order valence-electron chi connectivity index (χ0n) is 17.4. The van der Waals surface area contributed by atoms with Gasteiger partial charge in [0.2, 0.25) is 0 Å². The maximum atomic E-state index is 14.4. The molecule has 33 heavy (non-hydrogen) atoms. The van der Waals surface area contributed by atoms with Crippen LogP contribution in [0.25, 0.3) is 22.0 Å². The number of benzene rings is 2. The van der Waals surface area contributed by atoms with E-state index in [2.05, 4.69) is 9.84 Å². The fourth-order valence-corrected chi connectivity index (χ4v) is 4.04. The lowest BCUT2D eigenvalue weighted by Crippen LogP contribution is -2.49. The van der Waals surface area contributed by atoms with E-state index in [0.29, 0.717) is 22.5 Å². The summed E-state index contributed by atoms with van der Waals surface area (Å²) in [5.74, 6) is -2.67. The van der Waals surface area contributed by atoms with Gasteiger partial charge in [-0.1, -0.05) is 6.07 Å². The zero-order valence-corrected chi connectivity index (χ0v) is 18.2. The lowest BCUT2D eigenvalue weighted by molar-refractivity contribution is -0.274. The molecular formula is C20H19F4N3O5S. The Morgan fingerprint density at radius 2 is 1.91 bits per heavy atom. The number of rotatable bonds is 7. The number of hydroxylamine groups is 1. The number of halogens is 4. The van der Waals surface area contributed by atoms with Crippen LogP contribution in [0.5, 0.6) is 5.75 Å². The molecule has 3 aromatic rings. The third-order valence-electron chi connectivity index (χ3n) is 5.26. The van der Waals surface area contributed by atoms with Gasteiger partial charge in [0.15, 0.2) is 14.6 Å². The number of nitrogens with zero attached hydrogens (tertiary/aromatic N) is 2. The second-order valence-corrected chi connectivity index (χ2v) is 9.99. The van der Waals surface area contributed by atoms with E-state index in [9.17, 15) is 30.8 Å². The van der Waals surface area contributed by atoms with E-state index >= 15 is 0 Å². The highest BCUT2D eigenvalue weighted by atomic mass is 32.2. The van der Waals surface area contributed by atoms with Crippen molar-refractivity contribution in [3.05, 3.63) is 48.4 Å². The van der Waals surface area contributed by atoms with E-state index in [4.69, 9.17) is 5.21 Å². The number of sulfone groups is 1. The number of hydrogen-bond acceptors (Lipinski definition) is 6. The molecule has 0 fully saturated rings. The van der Waals surface area contributed by atoms with E-state index in [1.807, 2.05) is 0 Å². The molecule has 0 spiro atoms. The van der Waals surface area contributed by atoms with E-state index < -0.39 is 38.4 Å². The third kappa shape index (κ3) is 5.25.